The van der Waals surface area contributed by atoms with Gasteiger partial charge in [-0.2, -0.15) is 0 Å². The summed E-state index contributed by atoms with van der Waals surface area (Å²) in [7, 11) is -3.55. The molecule has 0 heterocycles. The summed E-state index contributed by atoms with van der Waals surface area (Å²) in [5.74, 6) is -4.10. The van der Waals surface area contributed by atoms with E-state index in [1.165, 1.54) is 4.90 Å². The Morgan fingerprint density at radius 2 is 0.931 bits per heavy atom. The number of hydrogen-bond acceptors (Lipinski definition) is 20. The Kier molecular flexibility index (Phi) is 32.7. The fourth-order valence-corrected chi connectivity index (χ4v) is 4.25. The van der Waals surface area contributed by atoms with E-state index in [1.54, 1.807) is 0 Å². The van der Waals surface area contributed by atoms with E-state index in [0.717, 1.165) is 5.41 Å². The van der Waals surface area contributed by atoms with Gasteiger partial charge in [0, 0.05) is 38.1 Å². The molecule has 0 saturated heterocycles. The smallest absolute Gasteiger partial charge is 0.407 e. The molecule has 0 aliphatic carbocycles. The molecular weight excluding hydrogens is 800 g/mol. The van der Waals surface area contributed by atoms with E-state index in [1.807, 2.05) is 13.8 Å². The number of rotatable bonds is 36. The second kappa shape index (κ2) is 35.5. The molecule has 0 spiro atoms. The minimum Gasteiger partial charge on any atom is -0.463 e. The SMILES string of the molecule is C=CS(=O)(=O)CCNC(=O)CN(CCOC(=O)COCC(=O)OCCOCCNC(=O)OCCC)CCOC(=O)COCC(=O)OCCOCCNC(=O)OCCC. The minimum atomic E-state index is -3.55. The standard InChI is InChI=1S/C34H58N4O19S/c1-4-12-56-33(44)36-7-14-48-18-20-54-31(42)26-50-24-29(40)52-16-10-38(23-28(39)35-9-22-58(46,47)6-3)11-17-53-30(41)25-51-27-32(43)55-21-19-49-15-8-37-34(45)57-13-5-2/h6H,3-5,7-27H2,1-2H3,(H,35,39)(H,36,44)(H,37,45). The molecule has 0 aromatic rings. The Labute approximate surface area is 337 Å². The van der Waals surface area contributed by atoms with Crippen molar-refractivity contribution < 1.29 is 89.3 Å². The number of esters is 4. The molecule has 334 valence electrons. The highest BCUT2D eigenvalue weighted by Gasteiger charge is 2.15. The maximum Gasteiger partial charge on any atom is 0.407 e. The van der Waals surface area contributed by atoms with Gasteiger partial charge in [0.2, 0.25) is 5.91 Å². The highest BCUT2D eigenvalue weighted by Crippen LogP contribution is 1.95. The average molecular weight is 859 g/mol. The number of carbonyl (C=O) groups is 7. The van der Waals surface area contributed by atoms with Crippen LogP contribution in [0.2, 0.25) is 0 Å². The second-order valence-corrected chi connectivity index (χ2v) is 13.4. The molecule has 24 heteroatoms. The zero-order valence-electron chi connectivity index (χ0n) is 33.2. The molecule has 0 fully saturated rings. The van der Waals surface area contributed by atoms with Crippen LogP contribution in [0.15, 0.2) is 12.0 Å². The molecule has 0 aromatic heterocycles. The zero-order valence-corrected chi connectivity index (χ0v) is 34.0. The predicted octanol–water partition coefficient (Wildman–Crippen LogP) is -1.53. The van der Waals surface area contributed by atoms with Gasteiger partial charge in [-0.05, 0) is 12.8 Å². The minimum absolute atomic E-state index is 0.0206. The predicted molar refractivity (Wildman–Crippen MR) is 200 cm³/mol. The Balaban J connectivity index is 4.42. The fraction of sp³-hybridized carbons (Fsp3) is 0.735. The van der Waals surface area contributed by atoms with Crippen LogP contribution in [0, 0.1) is 0 Å². The monoisotopic (exact) mass is 858 g/mol. The quantitative estimate of drug-likeness (QED) is 0.0366. The first-order chi connectivity index (χ1) is 27.8. The average Bonchev–Trinajstić information content (AvgIpc) is 3.18. The van der Waals surface area contributed by atoms with Crippen LogP contribution in [0.4, 0.5) is 9.59 Å². The Morgan fingerprint density at radius 3 is 1.33 bits per heavy atom. The second-order valence-electron chi connectivity index (χ2n) is 11.4. The molecular formula is C34H58N4O19S. The van der Waals surface area contributed by atoms with Crippen molar-refractivity contribution in [3.63, 3.8) is 0 Å². The fourth-order valence-electron chi connectivity index (χ4n) is 3.70. The number of nitrogens with one attached hydrogen (secondary N) is 3. The van der Waals surface area contributed by atoms with Crippen LogP contribution in [-0.4, -0.2) is 193 Å². The molecule has 0 radical (unpaired) electrons. The van der Waals surface area contributed by atoms with E-state index in [9.17, 15) is 42.0 Å². The van der Waals surface area contributed by atoms with Crippen molar-refractivity contribution in [2.24, 2.45) is 0 Å². The Hall–Kier alpha value is -4.62. The lowest BCUT2D eigenvalue weighted by Gasteiger charge is -2.21. The number of sulfone groups is 1. The lowest BCUT2D eigenvalue weighted by Crippen LogP contribution is -2.42. The van der Waals surface area contributed by atoms with Crippen molar-refractivity contribution >= 4 is 51.8 Å². The number of hydrogen-bond donors (Lipinski definition) is 3. The molecule has 0 rings (SSSR count). The third-order valence-corrected chi connectivity index (χ3v) is 7.72. The van der Waals surface area contributed by atoms with Crippen molar-refractivity contribution in [2.45, 2.75) is 26.7 Å². The molecule has 0 unspecified atom stereocenters. The van der Waals surface area contributed by atoms with E-state index in [-0.39, 0.29) is 97.9 Å². The summed E-state index contributed by atoms with van der Waals surface area (Å²) in [5.41, 5.74) is 0. The Morgan fingerprint density at radius 1 is 0.517 bits per heavy atom. The number of alkyl carbamates (subject to hydrolysis) is 2. The van der Waals surface area contributed by atoms with E-state index in [2.05, 4.69) is 22.5 Å². The highest BCUT2D eigenvalue weighted by molar-refractivity contribution is 7.94. The van der Waals surface area contributed by atoms with Gasteiger partial charge in [-0.1, -0.05) is 20.4 Å². The summed E-state index contributed by atoms with van der Waals surface area (Å²) in [5, 5.41) is 8.20. The normalized spacial score (nSPS) is 10.9. The maximum absolute atomic E-state index is 12.5. The summed E-state index contributed by atoms with van der Waals surface area (Å²) in [6, 6.07) is 0. The summed E-state index contributed by atoms with van der Waals surface area (Å²) in [6.45, 7) is 5.02. The van der Waals surface area contributed by atoms with Gasteiger partial charge in [-0.3, -0.25) is 9.69 Å². The van der Waals surface area contributed by atoms with Crippen molar-refractivity contribution in [2.75, 3.05) is 138 Å². The van der Waals surface area contributed by atoms with Crippen molar-refractivity contribution in [1.82, 2.24) is 20.9 Å². The molecule has 0 aromatic carbocycles. The lowest BCUT2D eigenvalue weighted by atomic mass is 10.4. The van der Waals surface area contributed by atoms with Crippen LogP contribution >= 0.6 is 0 Å². The summed E-state index contributed by atoms with van der Waals surface area (Å²) in [6.07, 6.45) is 0.289. The van der Waals surface area contributed by atoms with Crippen molar-refractivity contribution in [3.05, 3.63) is 12.0 Å². The number of amides is 3. The first-order valence-corrected chi connectivity index (χ1v) is 20.1. The van der Waals surface area contributed by atoms with Gasteiger partial charge < -0.3 is 63.3 Å². The zero-order chi connectivity index (χ0) is 43.3. The van der Waals surface area contributed by atoms with E-state index in [4.69, 9.17) is 47.4 Å². The number of nitrogens with zero attached hydrogens (tertiary/aromatic N) is 1. The molecule has 3 amide bonds. The van der Waals surface area contributed by atoms with E-state index in [0.29, 0.717) is 26.1 Å². The van der Waals surface area contributed by atoms with Crippen LogP contribution in [0.1, 0.15) is 26.7 Å². The van der Waals surface area contributed by atoms with Gasteiger partial charge in [0.25, 0.3) is 0 Å². The Bertz CT molecular complexity index is 1260. The number of carbonyl (C=O) groups excluding carboxylic acids is 7. The van der Waals surface area contributed by atoms with E-state index >= 15 is 0 Å². The van der Waals surface area contributed by atoms with Crippen LogP contribution in [0.3, 0.4) is 0 Å². The summed E-state index contributed by atoms with van der Waals surface area (Å²) >= 11 is 0. The number of ether oxygens (including phenoxy) is 10. The van der Waals surface area contributed by atoms with Crippen LogP contribution in [0.25, 0.3) is 0 Å². The molecule has 3 N–H and O–H groups in total. The largest absolute Gasteiger partial charge is 0.463 e. The molecule has 0 bridgehead atoms. The molecule has 0 saturated carbocycles. The van der Waals surface area contributed by atoms with Gasteiger partial charge in [0.1, 0.15) is 52.9 Å². The lowest BCUT2D eigenvalue weighted by molar-refractivity contribution is -0.157. The molecule has 58 heavy (non-hydrogen) atoms. The van der Waals surface area contributed by atoms with Gasteiger partial charge >= 0.3 is 36.1 Å². The molecule has 0 atom stereocenters. The maximum atomic E-state index is 12.5. The molecule has 0 aliphatic heterocycles. The van der Waals surface area contributed by atoms with Crippen LogP contribution in [-0.2, 0) is 81.2 Å². The van der Waals surface area contributed by atoms with Crippen LogP contribution < -0.4 is 16.0 Å². The topological polar surface area (TPSA) is 285 Å². The third kappa shape index (κ3) is 34.6. The molecule has 23 nitrogen and oxygen atoms in total. The molecule has 0 aliphatic rings. The van der Waals surface area contributed by atoms with Gasteiger partial charge in [0.15, 0.2) is 9.84 Å². The van der Waals surface area contributed by atoms with E-state index < -0.39 is 78.2 Å². The third-order valence-electron chi connectivity index (χ3n) is 6.44. The summed E-state index contributed by atoms with van der Waals surface area (Å²) < 4.78 is 73.4. The van der Waals surface area contributed by atoms with Gasteiger partial charge in [-0.25, -0.2) is 37.2 Å². The van der Waals surface area contributed by atoms with Crippen molar-refractivity contribution in [3.8, 4) is 0 Å². The van der Waals surface area contributed by atoms with Crippen LogP contribution in [0.5, 0.6) is 0 Å². The first-order valence-electron chi connectivity index (χ1n) is 18.4. The summed E-state index contributed by atoms with van der Waals surface area (Å²) in [4.78, 5) is 84.4. The first kappa shape index (κ1) is 53.4. The van der Waals surface area contributed by atoms with Gasteiger partial charge in [-0.15, -0.1) is 0 Å². The highest BCUT2D eigenvalue weighted by atomic mass is 32.2. The van der Waals surface area contributed by atoms with Crippen molar-refractivity contribution in [1.29, 1.82) is 0 Å². The van der Waals surface area contributed by atoms with Gasteiger partial charge in [0.05, 0.1) is 51.9 Å².